The van der Waals surface area contributed by atoms with E-state index >= 15 is 0 Å². The van der Waals surface area contributed by atoms with Gasteiger partial charge in [0.25, 0.3) is 0 Å². The first-order valence-corrected chi connectivity index (χ1v) is 8.52. The zero-order valence-electron chi connectivity index (χ0n) is 13.6. The molecule has 3 rings (SSSR count). The predicted molar refractivity (Wildman–Crippen MR) is 88.2 cm³/mol. The molecule has 0 unspecified atom stereocenters. The molecule has 1 saturated carbocycles. The Morgan fingerprint density at radius 2 is 2.12 bits per heavy atom. The first-order chi connectivity index (χ1) is 11.7. The summed E-state index contributed by atoms with van der Waals surface area (Å²) in [5, 5.41) is 16.5. The second-order valence-corrected chi connectivity index (χ2v) is 6.33. The van der Waals surface area contributed by atoms with Crippen LogP contribution in [0.5, 0.6) is 0 Å². The molecule has 1 aromatic carbocycles. The Hall–Kier alpha value is -2.21. The molecule has 1 aromatic heterocycles. The maximum Gasteiger partial charge on any atom is 0.228 e. The minimum absolute atomic E-state index is 0.0118. The van der Waals surface area contributed by atoms with Gasteiger partial charge in [0, 0.05) is 25.3 Å². The fourth-order valence-corrected chi connectivity index (χ4v) is 3.08. The molecule has 2 aromatic rings. The molecule has 1 amide bonds. The van der Waals surface area contributed by atoms with Gasteiger partial charge in [-0.25, -0.2) is 0 Å². The highest BCUT2D eigenvalue weighted by Gasteiger charge is 2.25. The Balaban J connectivity index is 1.43. The molecular formula is C18H23N3O3. The van der Waals surface area contributed by atoms with Crippen LogP contribution in [-0.2, 0) is 17.6 Å². The summed E-state index contributed by atoms with van der Waals surface area (Å²) in [4.78, 5) is 16.4. The van der Waals surface area contributed by atoms with Gasteiger partial charge in [-0.1, -0.05) is 41.9 Å². The number of aromatic nitrogens is 2. The summed E-state index contributed by atoms with van der Waals surface area (Å²) in [6.07, 6.45) is 3.94. The van der Waals surface area contributed by atoms with Crippen LogP contribution in [0, 0.1) is 5.92 Å². The van der Waals surface area contributed by atoms with E-state index in [-0.39, 0.29) is 17.9 Å². The van der Waals surface area contributed by atoms with E-state index in [2.05, 4.69) is 15.5 Å². The minimum Gasteiger partial charge on any atom is -0.393 e. The second-order valence-electron chi connectivity index (χ2n) is 6.33. The molecule has 2 N–H and O–H groups in total. The van der Waals surface area contributed by atoms with E-state index in [9.17, 15) is 9.90 Å². The standard InChI is InChI=1S/C18H23N3O3/c22-15-8-4-7-14(12-15)18(23)19-10-9-17-20-16(21-24-17)11-13-5-2-1-3-6-13/h1-3,5-6,14-15,22H,4,7-12H2,(H,19,23)/t14-,15+/m0/s1. The van der Waals surface area contributed by atoms with Gasteiger partial charge in [0.05, 0.1) is 6.10 Å². The van der Waals surface area contributed by atoms with Crippen LogP contribution in [0.2, 0.25) is 0 Å². The zero-order valence-corrected chi connectivity index (χ0v) is 13.6. The number of hydrogen-bond donors (Lipinski definition) is 2. The molecule has 0 bridgehead atoms. The van der Waals surface area contributed by atoms with E-state index in [0.29, 0.717) is 37.5 Å². The highest BCUT2D eigenvalue weighted by molar-refractivity contribution is 5.78. The van der Waals surface area contributed by atoms with Crippen molar-refractivity contribution in [2.75, 3.05) is 6.54 Å². The summed E-state index contributed by atoms with van der Waals surface area (Å²) in [5.74, 6) is 1.12. The lowest BCUT2D eigenvalue weighted by atomic mass is 9.87. The number of aliphatic hydroxyl groups is 1. The maximum absolute atomic E-state index is 12.1. The Morgan fingerprint density at radius 3 is 2.92 bits per heavy atom. The Bertz CT molecular complexity index is 657. The molecule has 1 heterocycles. The van der Waals surface area contributed by atoms with Gasteiger partial charge in [0.2, 0.25) is 11.8 Å². The third-order valence-corrected chi connectivity index (χ3v) is 4.37. The van der Waals surface area contributed by atoms with Crippen molar-refractivity contribution in [2.45, 2.75) is 44.6 Å². The van der Waals surface area contributed by atoms with Crippen molar-refractivity contribution in [3.63, 3.8) is 0 Å². The average Bonchev–Trinajstić information content (AvgIpc) is 3.03. The maximum atomic E-state index is 12.1. The fraction of sp³-hybridized carbons (Fsp3) is 0.500. The van der Waals surface area contributed by atoms with Gasteiger partial charge < -0.3 is 14.9 Å². The monoisotopic (exact) mass is 329 g/mol. The molecule has 128 valence electrons. The molecule has 0 aliphatic heterocycles. The molecule has 1 aliphatic carbocycles. The Kier molecular flexibility index (Phi) is 5.59. The third-order valence-electron chi connectivity index (χ3n) is 4.37. The topological polar surface area (TPSA) is 88.3 Å². The number of amides is 1. The lowest BCUT2D eigenvalue weighted by Crippen LogP contribution is -2.36. The van der Waals surface area contributed by atoms with Crippen LogP contribution in [0.3, 0.4) is 0 Å². The molecule has 0 saturated heterocycles. The van der Waals surface area contributed by atoms with Crippen molar-refractivity contribution in [1.82, 2.24) is 15.5 Å². The van der Waals surface area contributed by atoms with Gasteiger partial charge in [-0.15, -0.1) is 0 Å². The smallest absolute Gasteiger partial charge is 0.228 e. The number of nitrogens with one attached hydrogen (secondary N) is 1. The van der Waals surface area contributed by atoms with Crippen molar-refractivity contribution in [1.29, 1.82) is 0 Å². The first-order valence-electron chi connectivity index (χ1n) is 8.52. The van der Waals surface area contributed by atoms with E-state index < -0.39 is 0 Å². The number of aliphatic hydroxyl groups excluding tert-OH is 1. The Morgan fingerprint density at radius 1 is 1.29 bits per heavy atom. The number of rotatable bonds is 6. The van der Waals surface area contributed by atoms with Crippen LogP contribution in [0.1, 0.15) is 43.0 Å². The van der Waals surface area contributed by atoms with Crippen molar-refractivity contribution in [2.24, 2.45) is 5.92 Å². The largest absolute Gasteiger partial charge is 0.393 e. The van der Waals surface area contributed by atoms with Crippen molar-refractivity contribution in [3.8, 4) is 0 Å². The van der Waals surface area contributed by atoms with Crippen LogP contribution in [0.4, 0.5) is 0 Å². The summed E-state index contributed by atoms with van der Waals surface area (Å²) in [6, 6.07) is 9.98. The van der Waals surface area contributed by atoms with E-state index in [1.165, 1.54) is 0 Å². The zero-order chi connectivity index (χ0) is 16.8. The highest BCUT2D eigenvalue weighted by Crippen LogP contribution is 2.24. The van der Waals surface area contributed by atoms with Crippen molar-refractivity contribution < 1.29 is 14.4 Å². The summed E-state index contributed by atoms with van der Waals surface area (Å²) >= 11 is 0. The van der Waals surface area contributed by atoms with E-state index in [1.807, 2.05) is 30.3 Å². The number of hydrogen-bond acceptors (Lipinski definition) is 5. The number of benzene rings is 1. The number of carbonyl (C=O) groups excluding carboxylic acids is 1. The van der Waals surface area contributed by atoms with Crippen LogP contribution in [0.25, 0.3) is 0 Å². The quantitative estimate of drug-likeness (QED) is 0.844. The van der Waals surface area contributed by atoms with Crippen LogP contribution in [-0.4, -0.2) is 33.8 Å². The Labute approximate surface area is 141 Å². The van der Waals surface area contributed by atoms with E-state index in [0.717, 1.165) is 24.8 Å². The predicted octanol–water partition coefficient (Wildman–Crippen LogP) is 1.87. The molecule has 6 nitrogen and oxygen atoms in total. The molecule has 0 spiro atoms. The summed E-state index contributed by atoms with van der Waals surface area (Å²) in [6.45, 7) is 0.471. The lowest BCUT2D eigenvalue weighted by molar-refractivity contribution is -0.127. The normalized spacial score (nSPS) is 20.7. The first kappa shape index (κ1) is 16.6. The van der Waals surface area contributed by atoms with Gasteiger partial charge in [0.1, 0.15) is 0 Å². The van der Waals surface area contributed by atoms with Crippen molar-refractivity contribution in [3.05, 3.63) is 47.6 Å². The van der Waals surface area contributed by atoms with Gasteiger partial charge in [-0.05, 0) is 24.8 Å². The van der Waals surface area contributed by atoms with Gasteiger partial charge in [-0.2, -0.15) is 4.98 Å². The highest BCUT2D eigenvalue weighted by atomic mass is 16.5. The van der Waals surface area contributed by atoms with Crippen molar-refractivity contribution >= 4 is 5.91 Å². The lowest BCUT2D eigenvalue weighted by Gasteiger charge is -2.24. The second kappa shape index (κ2) is 8.06. The summed E-state index contributed by atoms with van der Waals surface area (Å²) in [5.41, 5.74) is 1.13. The van der Waals surface area contributed by atoms with Crippen LogP contribution in [0.15, 0.2) is 34.9 Å². The third kappa shape index (κ3) is 4.64. The fourth-order valence-electron chi connectivity index (χ4n) is 3.08. The average molecular weight is 329 g/mol. The number of nitrogens with zero attached hydrogens (tertiary/aromatic N) is 2. The molecule has 1 fully saturated rings. The molecule has 6 heteroatoms. The molecular weight excluding hydrogens is 306 g/mol. The molecule has 2 atom stereocenters. The van der Waals surface area contributed by atoms with Crippen LogP contribution < -0.4 is 5.32 Å². The van der Waals surface area contributed by atoms with Gasteiger partial charge in [-0.3, -0.25) is 4.79 Å². The van der Waals surface area contributed by atoms with Gasteiger partial charge >= 0.3 is 0 Å². The SMILES string of the molecule is O=C(NCCc1nc(Cc2ccccc2)no1)[C@H]1CCC[C@@H](O)C1. The molecule has 24 heavy (non-hydrogen) atoms. The van der Waals surface area contributed by atoms with E-state index in [1.54, 1.807) is 0 Å². The minimum atomic E-state index is -0.342. The van der Waals surface area contributed by atoms with E-state index in [4.69, 9.17) is 4.52 Å². The van der Waals surface area contributed by atoms with Gasteiger partial charge in [0.15, 0.2) is 5.82 Å². The number of carbonyl (C=O) groups is 1. The summed E-state index contributed by atoms with van der Waals surface area (Å²) < 4.78 is 5.23. The molecule has 0 radical (unpaired) electrons. The molecule has 1 aliphatic rings. The van der Waals surface area contributed by atoms with Crippen LogP contribution >= 0.6 is 0 Å². The summed E-state index contributed by atoms with van der Waals surface area (Å²) in [7, 11) is 0.